The first kappa shape index (κ1) is 13.4. The molecule has 0 aromatic carbocycles. The third-order valence-electron chi connectivity index (χ3n) is 3.02. The van der Waals surface area contributed by atoms with Crippen LogP contribution in [0.1, 0.15) is 0 Å². The van der Waals surface area contributed by atoms with Crippen LogP contribution in [0.3, 0.4) is 0 Å². The minimum Gasteiger partial charge on any atom is -0.395 e. The van der Waals surface area contributed by atoms with E-state index in [9.17, 15) is 8.42 Å². The van der Waals surface area contributed by atoms with Crippen LogP contribution in [-0.4, -0.2) is 67.0 Å². The predicted octanol–water partition coefficient (Wildman–Crippen LogP) is -0.620. The van der Waals surface area contributed by atoms with Gasteiger partial charge in [-0.3, -0.25) is 9.88 Å². The van der Waals surface area contributed by atoms with Crippen LogP contribution in [0, 0.1) is 0 Å². The Kier molecular flexibility index (Phi) is 4.28. The van der Waals surface area contributed by atoms with E-state index in [-0.39, 0.29) is 11.5 Å². The Morgan fingerprint density at radius 2 is 2.00 bits per heavy atom. The highest BCUT2D eigenvalue weighted by molar-refractivity contribution is 7.89. The molecule has 0 saturated carbocycles. The Balaban J connectivity index is 2.05. The van der Waals surface area contributed by atoms with Gasteiger partial charge < -0.3 is 5.11 Å². The largest absolute Gasteiger partial charge is 0.395 e. The molecular weight excluding hydrogens is 254 g/mol. The number of nitrogens with zero attached hydrogens (tertiary/aromatic N) is 3. The summed E-state index contributed by atoms with van der Waals surface area (Å²) in [5, 5.41) is 8.84. The number of pyridine rings is 1. The van der Waals surface area contributed by atoms with Crippen molar-refractivity contribution in [1.82, 2.24) is 14.2 Å². The molecule has 0 atom stereocenters. The molecule has 0 radical (unpaired) electrons. The number of sulfonamides is 1. The van der Waals surface area contributed by atoms with E-state index in [0.717, 1.165) is 0 Å². The maximum absolute atomic E-state index is 12.3. The summed E-state index contributed by atoms with van der Waals surface area (Å²) < 4.78 is 26.0. The van der Waals surface area contributed by atoms with E-state index in [4.69, 9.17) is 5.11 Å². The molecule has 0 bridgehead atoms. The van der Waals surface area contributed by atoms with E-state index < -0.39 is 10.0 Å². The molecule has 6 nitrogen and oxygen atoms in total. The molecule has 100 valence electrons. The van der Waals surface area contributed by atoms with Gasteiger partial charge in [0, 0.05) is 45.1 Å². The normalized spacial score (nSPS) is 18.9. The van der Waals surface area contributed by atoms with E-state index in [1.165, 1.54) is 10.5 Å². The van der Waals surface area contributed by atoms with Crippen LogP contribution in [0.2, 0.25) is 0 Å². The van der Waals surface area contributed by atoms with Crippen molar-refractivity contribution in [3.05, 3.63) is 24.5 Å². The second kappa shape index (κ2) is 5.75. The van der Waals surface area contributed by atoms with Crippen LogP contribution in [-0.2, 0) is 10.0 Å². The molecule has 2 rings (SSSR count). The summed E-state index contributed by atoms with van der Waals surface area (Å²) in [6, 6.07) is 3.18. The number of aliphatic hydroxyl groups is 1. The third kappa shape index (κ3) is 2.86. The van der Waals surface area contributed by atoms with Gasteiger partial charge in [-0.15, -0.1) is 0 Å². The second-order valence-corrected chi connectivity index (χ2v) is 6.10. The van der Waals surface area contributed by atoms with Crippen LogP contribution in [0.5, 0.6) is 0 Å². The Morgan fingerprint density at radius 1 is 1.28 bits per heavy atom. The molecule has 2 heterocycles. The zero-order valence-electron chi connectivity index (χ0n) is 10.1. The number of aliphatic hydroxyl groups excluding tert-OH is 1. The molecule has 1 N–H and O–H groups in total. The minimum absolute atomic E-state index is 0.107. The van der Waals surface area contributed by atoms with Crippen LogP contribution in [0.25, 0.3) is 0 Å². The van der Waals surface area contributed by atoms with E-state index >= 15 is 0 Å². The van der Waals surface area contributed by atoms with E-state index in [0.29, 0.717) is 32.7 Å². The SMILES string of the molecule is O=S(=O)(c1cccnc1)N1CCN(CCO)CC1. The molecule has 18 heavy (non-hydrogen) atoms. The predicted molar refractivity (Wildman–Crippen MR) is 66.5 cm³/mol. The smallest absolute Gasteiger partial charge is 0.244 e. The van der Waals surface area contributed by atoms with Crippen molar-refractivity contribution in [1.29, 1.82) is 0 Å². The number of piperazine rings is 1. The first-order chi connectivity index (χ1) is 8.64. The lowest BCUT2D eigenvalue weighted by molar-refractivity contribution is 0.151. The number of hydrogen-bond acceptors (Lipinski definition) is 5. The van der Waals surface area contributed by atoms with Gasteiger partial charge in [-0.2, -0.15) is 4.31 Å². The van der Waals surface area contributed by atoms with Gasteiger partial charge in [0.25, 0.3) is 0 Å². The summed E-state index contributed by atoms with van der Waals surface area (Å²) in [7, 11) is -3.42. The molecule has 0 spiro atoms. The molecule has 7 heteroatoms. The van der Waals surface area contributed by atoms with Crippen LogP contribution >= 0.6 is 0 Å². The minimum atomic E-state index is -3.42. The first-order valence-electron chi connectivity index (χ1n) is 5.88. The van der Waals surface area contributed by atoms with Crippen LogP contribution < -0.4 is 0 Å². The van der Waals surface area contributed by atoms with Gasteiger partial charge in [-0.25, -0.2) is 8.42 Å². The van der Waals surface area contributed by atoms with Gasteiger partial charge >= 0.3 is 0 Å². The van der Waals surface area contributed by atoms with Gasteiger partial charge in [0.1, 0.15) is 4.90 Å². The van der Waals surface area contributed by atoms with Crippen molar-refractivity contribution in [3.8, 4) is 0 Å². The third-order valence-corrected chi connectivity index (χ3v) is 4.90. The molecule has 1 aliphatic rings. The number of β-amino-alcohol motifs (C(OH)–C–C–N with tert-alkyl or cyclic N) is 1. The van der Waals surface area contributed by atoms with Crippen LogP contribution in [0.15, 0.2) is 29.4 Å². The highest BCUT2D eigenvalue weighted by atomic mass is 32.2. The lowest BCUT2D eigenvalue weighted by atomic mass is 10.4. The number of hydrogen-bond donors (Lipinski definition) is 1. The summed E-state index contributed by atoms with van der Waals surface area (Å²) in [6.07, 6.45) is 2.92. The maximum Gasteiger partial charge on any atom is 0.244 e. The molecule has 0 aliphatic carbocycles. The van der Waals surface area contributed by atoms with Crippen molar-refractivity contribution in [2.24, 2.45) is 0 Å². The number of aromatic nitrogens is 1. The first-order valence-corrected chi connectivity index (χ1v) is 7.32. The molecule has 0 amide bonds. The molecule has 1 saturated heterocycles. The summed E-state index contributed by atoms with van der Waals surface area (Å²) in [6.45, 7) is 2.92. The van der Waals surface area contributed by atoms with Crippen molar-refractivity contribution in [3.63, 3.8) is 0 Å². The number of rotatable bonds is 4. The van der Waals surface area contributed by atoms with Crippen molar-refractivity contribution in [2.75, 3.05) is 39.3 Å². The standard InChI is InChI=1S/C11H17N3O3S/c15-9-8-13-4-6-14(7-5-13)18(16,17)11-2-1-3-12-10-11/h1-3,10,15H,4-9H2. The van der Waals surface area contributed by atoms with Gasteiger partial charge in [0.2, 0.25) is 10.0 Å². The van der Waals surface area contributed by atoms with Crippen molar-refractivity contribution in [2.45, 2.75) is 4.90 Å². The summed E-state index contributed by atoms with van der Waals surface area (Å²) in [4.78, 5) is 6.13. The molecule has 1 fully saturated rings. The average molecular weight is 271 g/mol. The molecule has 1 aromatic heterocycles. The Labute approximate surface area is 107 Å². The van der Waals surface area contributed by atoms with E-state index in [1.807, 2.05) is 0 Å². The zero-order valence-corrected chi connectivity index (χ0v) is 10.9. The fourth-order valence-corrected chi connectivity index (χ4v) is 3.37. The maximum atomic E-state index is 12.3. The topological polar surface area (TPSA) is 73.7 Å². The van der Waals surface area contributed by atoms with Gasteiger partial charge in [0.05, 0.1) is 6.61 Å². The fourth-order valence-electron chi connectivity index (χ4n) is 1.98. The Bertz CT molecular complexity index is 470. The second-order valence-electron chi connectivity index (χ2n) is 4.16. The highest BCUT2D eigenvalue weighted by Crippen LogP contribution is 2.16. The molecule has 1 aliphatic heterocycles. The fraction of sp³-hybridized carbons (Fsp3) is 0.545. The van der Waals surface area contributed by atoms with Gasteiger partial charge in [0.15, 0.2) is 0 Å². The quantitative estimate of drug-likeness (QED) is 0.790. The molecule has 1 aromatic rings. The molecular formula is C11H17N3O3S. The van der Waals surface area contributed by atoms with Crippen molar-refractivity contribution >= 4 is 10.0 Å². The monoisotopic (exact) mass is 271 g/mol. The molecule has 0 unspecified atom stereocenters. The van der Waals surface area contributed by atoms with E-state index in [2.05, 4.69) is 9.88 Å². The lowest BCUT2D eigenvalue weighted by Gasteiger charge is -2.33. The van der Waals surface area contributed by atoms with E-state index in [1.54, 1.807) is 18.3 Å². The summed E-state index contributed by atoms with van der Waals surface area (Å²) in [5.41, 5.74) is 0. The Morgan fingerprint density at radius 3 is 2.56 bits per heavy atom. The Hall–Kier alpha value is -1.02. The lowest BCUT2D eigenvalue weighted by Crippen LogP contribution is -2.49. The summed E-state index contributed by atoms with van der Waals surface area (Å²) >= 11 is 0. The highest BCUT2D eigenvalue weighted by Gasteiger charge is 2.28. The zero-order chi connectivity index (χ0) is 13.0. The van der Waals surface area contributed by atoms with Crippen molar-refractivity contribution < 1.29 is 13.5 Å². The van der Waals surface area contributed by atoms with Gasteiger partial charge in [-0.05, 0) is 12.1 Å². The average Bonchev–Trinajstić information content (AvgIpc) is 2.41. The summed E-state index contributed by atoms with van der Waals surface area (Å²) in [5.74, 6) is 0. The van der Waals surface area contributed by atoms with Gasteiger partial charge in [-0.1, -0.05) is 0 Å². The van der Waals surface area contributed by atoms with Crippen LogP contribution in [0.4, 0.5) is 0 Å².